The molecule has 0 atom stereocenters. The van der Waals surface area contributed by atoms with Crippen LogP contribution >= 0.6 is 23.2 Å². The molecule has 1 aromatic rings. The van der Waals surface area contributed by atoms with Gasteiger partial charge < -0.3 is 10.6 Å². The van der Waals surface area contributed by atoms with Crippen molar-refractivity contribution in [1.82, 2.24) is 0 Å². The van der Waals surface area contributed by atoms with Crippen LogP contribution in [0.2, 0.25) is 10.0 Å². The SMILES string of the molecule is CC(=NOCCCN)c1ccc(Cl)c(Cl)c1. The summed E-state index contributed by atoms with van der Waals surface area (Å²) in [4.78, 5) is 5.09. The van der Waals surface area contributed by atoms with Gasteiger partial charge in [0, 0.05) is 5.56 Å². The number of halogens is 2. The van der Waals surface area contributed by atoms with Crippen LogP contribution in [0.3, 0.4) is 0 Å². The van der Waals surface area contributed by atoms with Crippen LogP contribution in [-0.4, -0.2) is 18.9 Å². The second-order valence-electron chi connectivity index (χ2n) is 3.28. The largest absolute Gasteiger partial charge is 0.396 e. The van der Waals surface area contributed by atoms with Crippen LogP contribution in [0.1, 0.15) is 18.9 Å². The Morgan fingerprint density at radius 3 is 2.75 bits per heavy atom. The highest BCUT2D eigenvalue weighted by molar-refractivity contribution is 6.42. The van der Waals surface area contributed by atoms with E-state index in [-0.39, 0.29) is 0 Å². The van der Waals surface area contributed by atoms with Crippen molar-refractivity contribution in [2.75, 3.05) is 13.2 Å². The average molecular weight is 261 g/mol. The third-order valence-corrected chi connectivity index (χ3v) is 2.72. The molecule has 88 valence electrons. The Kier molecular flexibility index (Phi) is 5.60. The van der Waals surface area contributed by atoms with E-state index < -0.39 is 0 Å². The summed E-state index contributed by atoms with van der Waals surface area (Å²) in [5, 5.41) is 5.00. The molecule has 0 heterocycles. The van der Waals surface area contributed by atoms with Gasteiger partial charge in [0.25, 0.3) is 0 Å². The van der Waals surface area contributed by atoms with E-state index in [4.69, 9.17) is 33.8 Å². The molecular weight excluding hydrogens is 247 g/mol. The fourth-order valence-corrected chi connectivity index (χ4v) is 1.36. The van der Waals surface area contributed by atoms with Crippen LogP contribution < -0.4 is 5.73 Å². The van der Waals surface area contributed by atoms with E-state index in [1.807, 2.05) is 13.0 Å². The van der Waals surface area contributed by atoms with E-state index in [0.29, 0.717) is 23.2 Å². The molecule has 16 heavy (non-hydrogen) atoms. The minimum atomic E-state index is 0.510. The van der Waals surface area contributed by atoms with Crippen LogP contribution in [-0.2, 0) is 4.84 Å². The molecule has 2 N–H and O–H groups in total. The van der Waals surface area contributed by atoms with Gasteiger partial charge in [-0.3, -0.25) is 0 Å². The van der Waals surface area contributed by atoms with E-state index in [0.717, 1.165) is 17.7 Å². The summed E-state index contributed by atoms with van der Waals surface area (Å²) in [6.45, 7) is 2.97. The quantitative estimate of drug-likeness (QED) is 0.503. The van der Waals surface area contributed by atoms with Crippen molar-refractivity contribution >= 4 is 28.9 Å². The molecule has 3 nitrogen and oxygen atoms in total. The molecule has 0 saturated heterocycles. The Morgan fingerprint density at radius 2 is 2.12 bits per heavy atom. The topological polar surface area (TPSA) is 47.6 Å². The van der Waals surface area contributed by atoms with Gasteiger partial charge in [-0.05, 0) is 32.0 Å². The van der Waals surface area contributed by atoms with Crippen molar-refractivity contribution in [3.8, 4) is 0 Å². The van der Waals surface area contributed by atoms with E-state index in [2.05, 4.69) is 5.16 Å². The van der Waals surface area contributed by atoms with E-state index in [1.54, 1.807) is 12.1 Å². The zero-order valence-corrected chi connectivity index (χ0v) is 10.6. The maximum atomic E-state index is 5.90. The van der Waals surface area contributed by atoms with E-state index in [9.17, 15) is 0 Å². The van der Waals surface area contributed by atoms with Gasteiger partial charge in [0.1, 0.15) is 6.61 Å². The van der Waals surface area contributed by atoms with Crippen LogP contribution in [0.5, 0.6) is 0 Å². The van der Waals surface area contributed by atoms with Crippen molar-refractivity contribution < 1.29 is 4.84 Å². The average Bonchev–Trinajstić information content (AvgIpc) is 2.28. The molecule has 5 heteroatoms. The molecular formula is C11H14Cl2N2O. The van der Waals surface area contributed by atoms with Gasteiger partial charge in [-0.15, -0.1) is 0 Å². The second kappa shape index (κ2) is 6.74. The van der Waals surface area contributed by atoms with Gasteiger partial charge in [0.2, 0.25) is 0 Å². The lowest BCUT2D eigenvalue weighted by atomic mass is 10.1. The predicted molar refractivity (Wildman–Crippen MR) is 68.3 cm³/mol. The summed E-state index contributed by atoms with van der Waals surface area (Å²) < 4.78 is 0. The lowest BCUT2D eigenvalue weighted by Crippen LogP contribution is -2.03. The Balaban J connectivity index is 2.64. The molecule has 0 aliphatic heterocycles. The normalized spacial score (nSPS) is 11.6. The molecule has 0 spiro atoms. The number of benzene rings is 1. The van der Waals surface area contributed by atoms with Gasteiger partial charge in [0.15, 0.2) is 0 Å². The Morgan fingerprint density at radius 1 is 1.38 bits per heavy atom. The highest BCUT2D eigenvalue weighted by atomic mass is 35.5. The van der Waals surface area contributed by atoms with Gasteiger partial charge in [0.05, 0.1) is 15.8 Å². The van der Waals surface area contributed by atoms with Gasteiger partial charge >= 0.3 is 0 Å². The predicted octanol–water partition coefficient (Wildman–Crippen LogP) is 3.08. The second-order valence-corrected chi connectivity index (χ2v) is 4.10. The molecule has 0 bridgehead atoms. The van der Waals surface area contributed by atoms with Gasteiger partial charge in [-0.2, -0.15) is 0 Å². The summed E-state index contributed by atoms with van der Waals surface area (Å²) in [6.07, 6.45) is 0.790. The van der Waals surface area contributed by atoms with Crippen LogP contribution in [0, 0.1) is 0 Å². The monoisotopic (exact) mass is 260 g/mol. The van der Waals surface area contributed by atoms with Gasteiger partial charge in [-0.1, -0.05) is 34.4 Å². The summed E-state index contributed by atoms with van der Waals surface area (Å²) in [7, 11) is 0. The zero-order valence-electron chi connectivity index (χ0n) is 9.04. The summed E-state index contributed by atoms with van der Waals surface area (Å²) in [6, 6.07) is 5.34. The number of oxime groups is 1. The van der Waals surface area contributed by atoms with Crippen molar-refractivity contribution in [2.45, 2.75) is 13.3 Å². The Labute approximate surface area is 105 Å². The lowest BCUT2D eigenvalue weighted by molar-refractivity contribution is 0.143. The molecule has 0 unspecified atom stereocenters. The highest BCUT2D eigenvalue weighted by Gasteiger charge is 2.02. The van der Waals surface area contributed by atoms with Crippen molar-refractivity contribution in [3.05, 3.63) is 33.8 Å². The maximum Gasteiger partial charge on any atom is 0.118 e. The smallest absolute Gasteiger partial charge is 0.118 e. The first kappa shape index (κ1) is 13.3. The van der Waals surface area contributed by atoms with Crippen molar-refractivity contribution in [2.24, 2.45) is 10.9 Å². The number of rotatable bonds is 5. The number of nitrogens with two attached hydrogens (primary N) is 1. The molecule has 1 rings (SSSR count). The van der Waals surface area contributed by atoms with E-state index >= 15 is 0 Å². The zero-order chi connectivity index (χ0) is 12.0. The molecule has 0 aromatic heterocycles. The number of hydrogen-bond acceptors (Lipinski definition) is 3. The molecule has 0 aliphatic rings. The molecule has 0 aliphatic carbocycles. The van der Waals surface area contributed by atoms with Crippen LogP contribution in [0.4, 0.5) is 0 Å². The standard InChI is InChI=1S/C11H14Cl2N2O/c1-8(15-16-6-2-5-14)9-3-4-10(12)11(13)7-9/h3-4,7H,2,5-6,14H2,1H3. The van der Waals surface area contributed by atoms with Crippen LogP contribution in [0.15, 0.2) is 23.4 Å². The molecule has 0 fully saturated rings. The number of nitrogens with zero attached hydrogens (tertiary/aromatic N) is 1. The van der Waals surface area contributed by atoms with Crippen molar-refractivity contribution in [1.29, 1.82) is 0 Å². The number of hydrogen-bond donors (Lipinski definition) is 1. The lowest BCUT2D eigenvalue weighted by Gasteiger charge is -2.03. The summed E-state index contributed by atoms with van der Waals surface area (Å²) in [5.74, 6) is 0. The third-order valence-electron chi connectivity index (χ3n) is 1.98. The summed E-state index contributed by atoms with van der Waals surface area (Å²) >= 11 is 11.7. The minimum Gasteiger partial charge on any atom is -0.396 e. The molecule has 0 amide bonds. The highest BCUT2D eigenvalue weighted by Crippen LogP contribution is 2.22. The van der Waals surface area contributed by atoms with Crippen molar-refractivity contribution in [3.63, 3.8) is 0 Å². The third kappa shape index (κ3) is 4.00. The maximum absolute atomic E-state index is 5.90. The first-order chi connectivity index (χ1) is 7.65. The summed E-state index contributed by atoms with van der Waals surface area (Å²) in [5.41, 5.74) is 6.98. The molecule has 1 aromatic carbocycles. The van der Waals surface area contributed by atoms with Crippen LogP contribution in [0.25, 0.3) is 0 Å². The molecule has 0 radical (unpaired) electrons. The minimum absolute atomic E-state index is 0.510. The Bertz CT molecular complexity index is 380. The van der Waals surface area contributed by atoms with E-state index in [1.165, 1.54) is 0 Å². The fraction of sp³-hybridized carbons (Fsp3) is 0.364. The van der Waals surface area contributed by atoms with Gasteiger partial charge in [-0.25, -0.2) is 0 Å². The first-order valence-electron chi connectivity index (χ1n) is 4.97. The fourth-order valence-electron chi connectivity index (χ4n) is 1.06. The first-order valence-corrected chi connectivity index (χ1v) is 5.73. The Hall–Kier alpha value is -0.770. The molecule has 0 saturated carbocycles.